The molecule has 0 aliphatic rings. The van der Waals surface area contributed by atoms with E-state index in [-0.39, 0.29) is 16.3 Å². The number of nitrogens with one attached hydrogen (secondary N) is 1. The van der Waals surface area contributed by atoms with Crippen molar-refractivity contribution < 1.29 is 19.4 Å². The molecule has 0 radical (unpaired) electrons. The van der Waals surface area contributed by atoms with E-state index in [1.165, 1.54) is 18.2 Å². The van der Waals surface area contributed by atoms with Gasteiger partial charge in [0, 0.05) is 15.7 Å². The summed E-state index contributed by atoms with van der Waals surface area (Å²) in [6, 6.07) is 9.03. The maximum atomic E-state index is 11.8. The van der Waals surface area contributed by atoms with Crippen LogP contribution in [0.25, 0.3) is 0 Å². The van der Waals surface area contributed by atoms with Crippen LogP contribution in [0.2, 0.25) is 10.0 Å². The number of aromatic hydroxyl groups is 1. The maximum absolute atomic E-state index is 11.8. The lowest BCUT2D eigenvalue weighted by atomic mass is 10.2. The molecule has 1 amide bonds. The van der Waals surface area contributed by atoms with Crippen LogP contribution in [-0.2, 0) is 9.53 Å². The first-order valence-electron chi connectivity index (χ1n) is 6.58. The van der Waals surface area contributed by atoms with E-state index in [0.717, 1.165) is 5.56 Å². The maximum Gasteiger partial charge on any atom is 0.342 e. The molecule has 0 spiro atoms. The fraction of sp³-hybridized carbons (Fsp3) is 0.125. The van der Waals surface area contributed by atoms with Crippen LogP contribution in [-0.4, -0.2) is 23.6 Å². The molecular formula is C16H13Cl2NO4. The van der Waals surface area contributed by atoms with Crippen molar-refractivity contribution in [3.05, 3.63) is 57.6 Å². The van der Waals surface area contributed by atoms with Gasteiger partial charge in [-0.2, -0.15) is 0 Å². The lowest BCUT2D eigenvalue weighted by Crippen LogP contribution is -2.21. The van der Waals surface area contributed by atoms with Crippen molar-refractivity contribution in [1.82, 2.24) is 0 Å². The van der Waals surface area contributed by atoms with Crippen molar-refractivity contribution >= 4 is 40.8 Å². The Balaban J connectivity index is 1.96. The molecule has 0 saturated heterocycles. The molecule has 2 aromatic carbocycles. The number of hydrogen-bond acceptors (Lipinski definition) is 4. The van der Waals surface area contributed by atoms with E-state index in [1.807, 2.05) is 6.92 Å². The van der Waals surface area contributed by atoms with Gasteiger partial charge in [0.15, 0.2) is 6.61 Å². The minimum Gasteiger partial charge on any atom is -0.507 e. The van der Waals surface area contributed by atoms with Gasteiger partial charge in [0.1, 0.15) is 11.3 Å². The fourth-order valence-electron chi connectivity index (χ4n) is 1.80. The largest absolute Gasteiger partial charge is 0.507 e. The zero-order valence-corrected chi connectivity index (χ0v) is 13.6. The predicted octanol–water partition coefficient (Wildman–Crippen LogP) is 3.80. The summed E-state index contributed by atoms with van der Waals surface area (Å²) in [5, 5.41) is 13.0. The van der Waals surface area contributed by atoms with E-state index >= 15 is 0 Å². The number of phenols is 1. The van der Waals surface area contributed by atoms with Crippen LogP contribution in [0.5, 0.6) is 5.75 Å². The molecule has 0 aliphatic heterocycles. The Morgan fingerprint density at radius 1 is 1.13 bits per heavy atom. The van der Waals surface area contributed by atoms with Gasteiger partial charge < -0.3 is 15.2 Å². The first-order chi connectivity index (χ1) is 10.9. The van der Waals surface area contributed by atoms with Crippen LogP contribution < -0.4 is 5.32 Å². The number of rotatable bonds is 4. The second-order valence-electron chi connectivity index (χ2n) is 4.75. The summed E-state index contributed by atoms with van der Waals surface area (Å²) in [5.74, 6) is -1.65. The highest BCUT2D eigenvalue weighted by molar-refractivity contribution is 6.31. The number of hydrogen-bond donors (Lipinski definition) is 2. The molecule has 0 saturated carbocycles. The summed E-state index contributed by atoms with van der Waals surface area (Å²) in [5.41, 5.74) is 1.29. The van der Waals surface area contributed by atoms with E-state index in [4.69, 9.17) is 27.9 Å². The van der Waals surface area contributed by atoms with Gasteiger partial charge in [0.05, 0.1) is 0 Å². The molecule has 0 unspecified atom stereocenters. The van der Waals surface area contributed by atoms with E-state index in [9.17, 15) is 14.7 Å². The standard InChI is InChI=1S/C16H13Cl2NO4/c1-9-2-3-10(17)6-13(9)19-15(21)8-23-16(22)12-5-4-11(18)7-14(12)20/h2-7,20H,8H2,1H3,(H,19,21). The summed E-state index contributed by atoms with van der Waals surface area (Å²) < 4.78 is 4.87. The number of aryl methyl sites for hydroxylation is 1. The smallest absolute Gasteiger partial charge is 0.342 e. The average molecular weight is 354 g/mol. The Labute approximate surface area is 142 Å². The average Bonchev–Trinajstić information content (AvgIpc) is 2.48. The number of ether oxygens (including phenoxy) is 1. The minimum atomic E-state index is -0.822. The quantitative estimate of drug-likeness (QED) is 0.819. The van der Waals surface area contributed by atoms with Gasteiger partial charge in [0.25, 0.3) is 5.91 Å². The minimum absolute atomic E-state index is 0.0684. The third-order valence-electron chi connectivity index (χ3n) is 2.99. The lowest BCUT2D eigenvalue weighted by molar-refractivity contribution is -0.119. The van der Waals surface area contributed by atoms with Gasteiger partial charge in [0.2, 0.25) is 0 Å². The second-order valence-corrected chi connectivity index (χ2v) is 5.62. The zero-order chi connectivity index (χ0) is 17.0. The molecule has 5 nitrogen and oxygen atoms in total. The van der Waals surface area contributed by atoms with Crippen LogP contribution in [0.1, 0.15) is 15.9 Å². The van der Waals surface area contributed by atoms with Crippen molar-refractivity contribution in [2.75, 3.05) is 11.9 Å². The van der Waals surface area contributed by atoms with Crippen LogP contribution in [0, 0.1) is 6.92 Å². The molecule has 0 bridgehead atoms. The monoisotopic (exact) mass is 353 g/mol. The van der Waals surface area contributed by atoms with Gasteiger partial charge in [-0.15, -0.1) is 0 Å². The molecule has 0 fully saturated rings. The molecule has 2 aromatic rings. The molecule has 120 valence electrons. The number of benzene rings is 2. The predicted molar refractivity (Wildman–Crippen MR) is 88.2 cm³/mol. The van der Waals surface area contributed by atoms with Crippen LogP contribution in [0.4, 0.5) is 5.69 Å². The number of anilines is 1. The second kappa shape index (κ2) is 7.35. The van der Waals surface area contributed by atoms with Crippen LogP contribution >= 0.6 is 23.2 Å². The summed E-state index contributed by atoms with van der Waals surface area (Å²) in [6.07, 6.45) is 0. The summed E-state index contributed by atoms with van der Waals surface area (Å²) in [4.78, 5) is 23.7. The first kappa shape index (κ1) is 17.1. The normalized spacial score (nSPS) is 10.2. The van der Waals surface area contributed by atoms with Crippen molar-refractivity contribution in [1.29, 1.82) is 0 Å². The SMILES string of the molecule is Cc1ccc(Cl)cc1NC(=O)COC(=O)c1ccc(Cl)cc1O. The third-order valence-corrected chi connectivity index (χ3v) is 3.46. The highest BCUT2D eigenvalue weighted by atomic mass is 35.5. The van der Waals surface area contributed by atoms with Crippen molar-refractivity contribution in [2.24, 2.45) is 0 Å². The number of carbonyl (C=O) groups excluding carboxylic acids is 2. The van der Waals surface area contributed by atoms with E-state index in [1.54, 1.807) is 18.2 Å². The molecule has 0 heterocycles. The van der Waals surface area contributed by atoms with Crippen molar-refractivity contribution in [3.8, 4) is 5.75 Å². The molecule has 2 rings (SSSR count). The number of esters is 1. The number of amides is 1. The van der Waals surface area contributed by atoms with E-state index < -0.39 is 18.5 Å². The van der Waals surface area contributed by atoms with E-state index in [2.05, 4.69) is 5.32 Å². The molecule has 0 aromatic heterocycles. The van der Waals surface area contributed by atoms with Crippen molar-refractivity contribution in [3.63, 3.8) is 0 Å². The molecule has 0 atom stereocenters. The first-order valence-corrected chi connectivity index (χ1v) is 7.34. The Kier molecular flexibility index (Phi) is 5.47. The van der Waals surface area contributed by atoms with Gasteiger partial charge in [-0.25, -0.2) is 4.79 Å². The number of phenolic OH excluding ortho intramolecular Hbond substituents is 1. The molecule has 23 heavy (non-hydrogen) atoms. The fourth-order valence-corrected chi connectivity index (χ4v) is 2.14. The molecule has 2 N–H and O–H groups in total. The van der Waals surface area contributed by atoms with Crippen molar-refractivity contribution in [2.45, 2.75) is 6.92 Å². The van der Waals surface area contributed by atoms with Crippen LogP contribution in [0.15, 0.2) is 36.4 Å². The Hall–Kier alpha value is -2.24. The van der Waals surface area contributed by atoms with Gasteiger partial charge >= 0.3 is 5.97 Å². The molecular weight excluding hydrogens is 341 g/mol. The van der Waals surface area contributed by atoms with Gasteiger partial charge in [-0.3, -0.25) is 4.79 Å². The Bertz CT molecular complexity index is 762. The number of halogens is 2. The summed E-state index contributed by atoms with van der Waals surface area (Å²) in [7, 11) is 0. The topological polar surface area (TPSA) is 75.6 Å². The van der Waals surface area contributed by atoms with Gasteiger partial charge in [-0.1, -0.05) is 29.3 Å². The van der Waals surface area contributed by atoms with Gasteiger partial charge in [-0.05, 0) is 42.8 Å². The summed E-state index contributed by atoms with van der Waals surface area (Å²) in [6.45, 7) is 1.32. The lowest BCUT2D eigenvalue weighted by Gasteiger charge is -2.10. The highest BCUT2D eigenvalue weighted by Gasteiger charge is 2.15. The molecule has 0 aliphatic carbocycles. The van der Waals surface area contributed by atoms with E-state index in [0.29, 0.717) is 10.7 Å². The molecule has 7 heteroatoms. The third kappa shape index (κ3) is 4.61. The zero-order valence-electron chi connectivity index (χ0n) is 12.1. The highest BCUT2D eigenvalue weighted by Crippen LogP contribution is 2.23. The Morgan fingerprint density at radius 2 is 1.78 bits per heavy atom. The number of carbonyl (C=O) groups is 2. The van der Waals surface area contributed by atoms with Crippen LogP contribution in [0.3, 0.4) is 0 Å². The Morgan fingerprint density at radius 3 is 2.48 bits per heavy atom. The summed E-state index contributed by atoms with van der Waals surface area (Å²) >= 11 is 11.5.